The molecule has 1 aromatic rings. The summed E-state index contributed by atoms with van der Waals surface area (Å²) in [5.41, 5.74) is 3.05. The van der Waals surface area contributed by atoms with Crippen molar-refractivity contribution in [2.24, 2.45) is 0 Å². The van der Waals surface area contributed by atoms with E-state index in [0.29, 0.717) is 12.1 Å². The van der Waals surface area contributed by atoms with Gasteiger partial charge >= 0.3 is 0 Å². The first-order chi connectivity index (χ1) is 8.08. The number of nitrogens with zero attached hydrogens (tertiary/aromatic N) is 2. The molecule has 0 fully saturated rings. The molecule has 0 saturated heterocycles. The number of likely N-dealkylation sites (N-methyl/N-ethyl adjacent to an activating group) is 1. The third-order valence-electron chi connectivity index (χ3n) is 3.64. The second-order valence-electron chi connectivity index (χ2n) is 5.65. The minimum absolute atomic E-state index is 0.619. The van der Waals surface area contributed by atoms with Crippen LogP contribution in [0.25, 0.3) is 0 Å². The molecule has 17 heavy (non-hydrogen) atoms. The van der Waals surface area contributed by atoms with Crippen LogP contribution in [0.3, 0.4) is 0 Å². The van der Waals surface area contributed by atoms with Gasteiger partial charge in [0.15, 0.2) is 0 Å². The summed E-state index contributed by atoms with van der Waals surface area (Å²) in [5, 5.41) is 0. The Morgan fingerprint density at radius 2 is 1.88 bits per heavy atom. The van der Waals surface area contributed by atoms with E-state index in [1.165, 1.54) is 17.5 Å². The lowest BCUT2D eigenvalue weighted by Crippen LogP contribution is -2.49. The molecule has 0 spiro atoms. The van der Waals surface area contributed by atoms with Crippen LogP contribution in [0.4, 0.5) is 0 Å². The maximum atomic E-state index is 2.63. The highest BCUT2D eigenvalue weighted by Crippen LogP contribution is 2.25. The summed E-state index contributed by atoms with van der Waals surface area (Å²) in [6.45, 7) is 6.85. The van der Waals surface area contributed by atoms with Crippen LogP contribution >= 0.6 is 0 Å². The van der Waals surface area contributed by atoms with E-state index in [4.69, 9.17) is 0 Å². The monoisotopic (exact) mass is 232 g/mol. The molecular weight excluding hydrogens is 208 g/mol. The lowest BCUT2D eigenvalue weighted by Gasteiger charge is -2.40. The van der Waals surface area contributed by atoms with Crippen LogP contribution in [-0.2, 0) is 13.0 Å². The van der Waals surface area contributed by atoms with E-state index < -0.39 is 0 Å². The standard InChI is InChI=1S/C15H24N2/c1-12(2)17-10-14-8-6-5-7-13(14)9-15(17)11-16(3)4/h5-8,12,15H,9-11H2,1-4H3/t15-/m0/s1. The fraction of sp³-hybridized carbons (Fsp3) is 0.600. The van der Waals surface area contributed by atoms with Gasteiger partial charge in [0, 0.05) is 25.2 Å². The molecule has 1 heterocycles. The molecule has 1 atom stereocenters. The Bertz CT molecular complexity index is 371. The third kappa shape index (κ3) is 2.88. The Hall–Kier alpha value is -0.860. The Morgan fingerprint density at radius 1 is 1.24 bits per heavy atom. The molecule has 1 aliphatic rings. The molecule has 2 rings (SSSR count). The van der Waals surface area contributed by atoms with Gasteiger partial charge < -0.3 is 4.90 Å². The van der Waals surface area contributed by atoms with E-state index >= 15 is 0 Å². The summed E-state index contributed by atoms with van der Waals surface area (Å²) >= 11 is 0. The zero-order valence-electron chi connectivity index (χ0n) is 11.5. The lowest BCUT2D eigenvalue weighted by atomic mass is 9.92. The van der Waals surface area contributed by atoms with Crippen molar-refractivity contribution in [3.05, 3.63) is 35.4 Å². The quantitative estimate of drug-likeness (QED) is 0.789. The Morgan fingerprint density at radius 3 is 2.47 bits per heavy atom. The highest BCUT2D eigenvalue weighted by molar-refractivity contribution is 5.30. The zero-order valence-corrected chi connectivity index (χ0v) is 11.5. The van der Waals surface area contributed by atoms with Crippen LogP contribution in [0.5, 0.6) is 0 Å². The topological polar surface area (TPSA) is 6.48 Å². The van der Waals surface area contributed by atoms with E-state index in [1.807, 2.05) is 0 Å². The number of hydrogen-bond donors (Lipinski definition) is 0. The average molecular weight is 232 g/mol. The van der Waals surface area contributed by atoms with Crippen molar-refractivity contribution in [3.8, 4) is 0 Å². The van der Waals surface area contributed by atoms with Crippen LogP contribution in [0.15, 0.2) is 24.3 Å². The van der Waals surface area contributed by atoms with Crippen molar-refractivity contribution >= 4 is 0 Å². The van der Waals surface area contributed by atoms with Crippen molar-refractivity contribution < 1.29 is 0 Å². The smallest absolute Gasteiger partial charge is 0.0269 e. The molecular formula is C15H24N2. The van der Waals surface area contributed by atoms with E-state index in [0.717, 1.165) is 13.1 Å². The fourth-order valence-electron chi connectivity index (χ4n) is 2.80. The molecule has 2 nitrogen and oxygen atoms in total. The van der Waals surface area contributed by atoms with Crippen LogP contribution in [0.2, 0.25) is 0 Å². The van der Waals surface area contributed by atoms with Crippen molar-refractivity contribution in [1.29, 1.82) is 0 Å². The van der Waals surface area contributed by atoms with Gasteiger partial charge in [0.2, 0.25) is 0 Å². The molecule has 2 heteroatoms. The Labute approximate surface area is 105 Å². The molecule has 0 amide bonds. The molecule has 94 valence electrons. The summed E-state index contributed by atoms with van der Waals surface area (Å²) in [7, 11) is 4.33. The first-order valence-corrected chi connectivity index (χ1v) is 6.55. The maximum absolute atomic E-state index is 2.63. The Kier molecular flexibility index (Phi) is 3.85. The second kappa shape index (κ2) is 5.19. The SMILES string of the molecule is CC(C)N1Cc2ccccc2C[C@H]1CN(C)C. The summed E-state index contributed by atoms with van der Waals surface area (Å²) in [5.74, 6) is 0. The van der Waals surface area contributed by atoms with Gasteiger partial charge in [0.1, 0.15) is 0 Å². The normalized spacial score (nSPS) is 20.9. The first kappa shape index (κ1) is 12.6. The zero-order chi connectivity index (χ0) is 12.4. The molecule has 0 N–H and O–H groups in total. The molecule has 0 saturated carbocycles. The average Bonchev–Trinajstić information content (AvgIpc) is 2.27. The molecule has 0 radical (unpaired) electrons. The van der Waals surface area contributed by atoms with Crippen molar-refractivity contribution in [2.45, 2.75) is 38.9 Å². The van der Waals surface area contributed by atoms with Crippen molar-refractivity contribution in [2.75, 3.05) is 20.6 Å². The number of fused-ring (bicyclic) bond motifs is 1. The van der Waals surface area contributed by atoms with Gasteiger partial charge in [0.25, 0.3) is 0 Å². The minimum Gasteiger partial charge on any atom is -0.308 e. The van der Waals surface area contributed by atoms with Gasteiger partial charge in [-0.1, -0.05) is 24.3 Å². The van der Waals surface area contributed by atoms with E-state index in [9.17, 15) is 0 Å². The fourth-order valence-corrected chi connectivity index (χ4v) is 2.80. The molecule has 1 aromatic carbocycles. The third-order valence-corrected chi connectivity index (χ3v) is 3.64. The number of rotatable bonds is 3. The first-order valence-electron chi connectivity index (χ1n) is 6.55. The Balaban J connectivity index is 2.21. The van der Waals surface area contributed by atoms with Crippen LogP contribution in [0.1, 0.15) is 25.0 Å². The van der Waals surface area contributed by atoms with Gasteiger partial charge in [-0.15, -0.1) is 0 Å². The van der Waals surface area contributed by atoms with Crippen LogP contribution in [-0.4, -0.2) is 42.5 Å². The molecule has 0 bridgehead atoms. The minimum atomic E-state index is 0.619. The molecule has 0 aromatic heterocycles. The van der Waals surface area contributed by atoms with Gasteiger partial charge in [-0.05, 0) is 45.5 Å². The number of hydrogen-bond acceptors (Lipinski definition) is 2. The molecule has 1 aliphatic heterocycles. The summed E-state index contributed by atoms with van der Waals surface area (Å²) < 4.78 is 0. The highest BCUT2D eigenvalue weighted by atomic mass is 15.2. The van der Waals surface area contributed by atoms with Gasteiger partial charge in [0.05, 0.1) is 0 Å². The number of benzene rings is 1. The van der Waals surface area contributed by atoms with Gasteiger partial charge in [-0.2, -0.15) is 0 Å². The predicted molar refractivity (Wildman–Crippen MR) is 73.2 cm³/mol. The van der Waals surface area contributed by atoms with Crippen LogP contribution in [0, 0.1) is 0 Å². The maximum Gasteiger partial charge on any atom is 0.0269 e. The van der Waals surface area contributed by atoms with E-state index in [2.05, 4.69) is 62.0 Å². The largest absolute Gasteiger partial charge is 0.308 e. The molecule has 0 aliphatic carbocycles. The van der Waals surface area contributed by atoms with Gasteiger partial charge in [-0.25, -0.2) is 0 Å². The van der Waals surface area contributed by atoms with Crippen LogP contribution < -0.4 is 0 Å². The summed E-state index contributed by atoms with van der Waals surface area (Å²) in [6.07, 6.45) is 1.19. The predicted octanol–water partition coefficient (Wildman–Crippen LogP) is 2.38. The van der Waals surface area contributed by atoms with Gasteiger partial charge in [-0.3, -0.25) is 4.90 Å². The van der Waals surface area contributed by atoms with E-state index in [1.54, 1.807) is 0 Å². The highest BCUT2D eigenvalue weighted by Gasteiger charge is 2.27. The van der Waals surface area contributed by atoms with Crippen molar-refractivity contribution in [1.82, 2.24) is 9.80 Å². The van der Waals surface area contributed by atoms with Crippen molar-refractivity contribution in [3.63, 3.8) is 0 Å². The summed E-state index contributed by atoms with van der Waals surface area (Å²) in [6, 6.07) is 10.2. The van der Waals surface area contributed by atoms with E-state index in [-0.39, 0.29) is 0 Å². The second-order valence-corrected chi connectivity index (χ2v) is 5.65. The summed E-state index contributed by atoms with van der Waals surface area (Å²) in [4.78, 5) is 4.93. The molecule has 0 unspecified atom stereocenters. The lowest BCUT2D eigenvalue weighted by molar-refractivity contribution is 0.107.